The van der Waals surface area contributed by atoms with Gasteiger partial charge in [0.25, 0.3) is 5.91 Å². The normalized spacial score (nSPS) is 16.9. The Hall–Kier alpha value is -2.64. The molecule has 0 bridgehead atoms. The molecule has 1 saturated heterocycles. The molecule has 1 atom stereocenters. The summed E-state index contributed by atoms with van der Waals surface area (Å²) in [4.78, 5) is 27.4. The summed E-state index contributed by atoms with van der Waals surface area (Å²) >= 11 is 5.82. The van der Waals surface area contributed by atoms with Crippen LogP contribution in [0.1, 0.15) is 23.2 Å². The fourth-order valence-electron chi connectivity index (χ4n) is 3.26. The summed E-state index contributed by atoms with van der Waals surface area (Å²) in [6, 6.07) is 11.2. The van der Waals surface area contributed by atoms with Crippen molar-refractivity contribution in [3.63, 3.8) is 0 Å². The number of nitro benzene ring substituents is 1. The van der Waals surface area contributed by atoms with E-state index in [1.165, 1.54) is 18.2 Å². The number of piperidine rings is 1. The standard InChI is InChI=1S/C20H22ClN3O4/c1-22(2)16-4-3-11-23(13-16)20(25)14-5-8-17(9-6-14)28-19-10-7-15(21)12-18(19)24(26)27/h5-10,12,16H,3-4,11,13H2,1-2H3. The van der Waals surface area contributed by atoms with Gasteiger partial charge < -0.3 is 14.5 Å². The SMILES string of the molecule is CN(C)C1CCCN(C(=O)c2ccc(Oc3ccc(Cl)cc3[N+](=O)[O-])cc2)C1. The second-order valence-electron chi connectivity index (χ2n) is 7.01. The van der Waals surface area contributed by atoms with Crippen molar-refractivity contribution in [1.29, 1.82) is 0 Å². The number of likely N-dealkylation sites (tertiary alicyclic amines) is 1. The quantitative estimate of drug-likeness (QED) is 0.552. The van der Waals surface area contributed by atoms with Gasteiger partial charge in [0.05, 0.1) is 4.92 Å². The Kier molecular flexibility index (Phi) is 6.16. The van der Waals surface area contributed by atoms with Crippen LogP contribution in [0, 0.1) is 10.1 Å². The van der Waals surface area contributed by atoms with Gasteiger partial charge in [-0.1, -0.05) is 11.6 Å². The molecule has 2 aromatic carbocycles. The summed E-state index contributed by atoms with van der Waals surface area (Å²) in [5, 5.41) is 11.4. The highest BCUT2D eigenvalue weighted by Crippen LogP contribution is 2.33. The fraction of sp³-hybridized carbons (Fsp3) is 0.350. The molecule has 1 amide bonds. The smallest absolute Gasteiger partial charge is 0.313 e. The van der Waals surface area contributed by atoms with Crippen LogP contribution in [0.4, 0.5) is 5.69 Å². The number of rotatable bonds is 5. The summed E-state index contributed by atoms with van der Waals surface area (Å²) in [7, 11) is 4.06. The minimum atomic E-state index is -0.545. The van der Waals surface area contributed by atoms with Crippen molar-refractivity contribution in [2.45, 2.75) is 18.9 Å². The molecule has 7 nitrogen and oxygen atoms in total. The average Bonchev–Trinajstić information content (AvgIpc) is 2.69. The molecule has 0 N–H and O–H groups in total. The first-order chi connectivity index (χ1) is 13.3. The van der Waals surface area contributed by atoms with E-state index >= 15 is 0 Å². The number of hydrogen-bond donors (Lipinski definition) is 0. The number of halogens is 1. The molecule has 8 heteroatoms. The predicted molar refractivity (Wildman–Crippen MR) is 107 cm³/mol. The maximum Gasteiger partial charge on any atom is 0.313 e. The zero-order valence-electron chi connectivity index (χ0n) is 15.8. The van der Waals surface area contributed by atoms with Crippen LogP contribution in [0.3, 0.4) is 0 Å². The Morgan fingerprint density at radius 2 is 1.96 bits per heavy atom. The van der Waals surface area contributed by atoms with Crippen molar-refractivity contribution < 1.29 is 14.5 Å². The average molecular weight is 404 g/mol. The minimum absolute atomic E-state index is 0.0180. The Labute approximate surface area is 168 Å². The number of hydrogen-bond acceptors (Lipinski definition) is 5. The summed E-state index contributed by atoms with van der Waals surface area (Å²) in [5.74, 6) is 0.487. The van der Waals surface area contributed by atoms with Crippen LogP contribution in [0.5, 0.6) is 11.5 Å². The van der Waals surface area contributed by atoms with Gasteiger partial charge in [0.15, 0.2) is 0 Å². The first-order valence-corrected chi connectivity index (χ1v) is 9.40. The van der Waals surface area contributed by atoms with Gasteiger partial charge in [0, 0.05) is 35.8 Å². The number of nitro groups is 1. The van der Waals surface area contributed by atoms with Crippen molar-refractivity contribution in [2.24, 2.45) is 0 Å². The number of carbonyl (C=O) groups is 1. The monoisotopic (exact) mass is 403 g/mol. The highest BCUT2D eigenvalue weighted by Gasteiger charge is 2.25. The van der Waals surface area contributed by atoms with Gasteiger partial charge >= 0.3 is 5.69 Å². The lowest BCUT2D eigenvalue weighted by Crippen LogP contribution is -2.47. The van der Waals surface area contributed by atoms with E-state index in [9.17, 15) is 14.9 Å². The molecule has 1 aliphatic heterocycles. The second-order valence-corrected chi connectivity index (χ2v) is 7.44. The van der Waals surface area contributed by atoms with E-state index < -0.39 is 4.92 Å². The fourth-order valence-corrected chi connectivity index (χ4v) is 3.42. The molecule has 28 heavy (non-hydrogen) atoms. The van der Waals surface area contributed by atoms with Crippen LogP contribution < -0.4 is 4.74 Å². The number of carbonyl (C=O) groups excluding carboxylic acids is 1. The minimum Gasteiger partial charge on any atom is -0.450 e. The van der Waals surface area contributed by atoms with E-state index in [2.05, 4.69) is 4.90 Å². The molecule has 3 rings (SSSR count). The molecule has 1 heterocycles. The van der Waals surface area contributed by atoms with Gasteiger partial charge in [-0.05, 0) is 63.3 Å². The van der Waals surface area contributed by atoms with Crippen LogP contribution in [0.15, 0.2) is 42.5 Å². The lowest BCUT2D eigenvalue weighted by Gasteiger charge is -2.36. The molecule has 0 aromatic heterocycles. The molecular formula is C20H22ClN3O4. The van der Waals surface area contributed by atoms with E-state index in [4.69, 9.17) is 16.3 Å². The van der Waals surface area contributed by atoms with Crippen LogP contribution >= 0.6 is 11.6 Å². The Morgan fingerprint density at radius 1 is 1.25 bits per heavy atom. The molecule has 0 saturated carbocycles. The van der Waals surface area contributed by atoms with Gasteiger partial charge in [-0.3, -0.25) is 14.9 Å². The first-order valence-electron chi connectivity index (χ1n) is 9.02. The molecule has 1 fully saturated rings. The lowest BCUT2D eigenvalue weighted by atomic mass is 10.0. The molecule has 1 aliphatic rings. The molecule has 0 spiro atoms. The third kappa shape index (κ3) is 4.61. The maximum atomic E-state index is 12.8. The predicted octanol–water partition coefficient (Wildman–Crippen LogP) is 4.21. The van der Waals surface area contributed by atoms with Crippen LogP contribution in [0.25, 0.3) is 0 Å². The van der Waals surface area contributed by atoms with E-state index in [-0.39, 0.29) is 22.4 Å². The van der Waals surface area contributed by atoms with Crippen LogP contribution in [0.2, 0.25) is 5.02 Å². The zero-order chi connectivity index (χ0) is 20.3. The summed E-state index contributed by atoms with van der Waals surface area (Å²) in [6.07, 6.45) is 2.07. The first kappa shape index (κ1) is 20.1. The van der Waals surface area contributed by atoms with E-state index in [1.54, 1.807) is 24.3 Å². The van der Waals surface area contributed by atoms with Crippen molar-refractivity contribution in [3.8, 4) is 11.5 Å². The van der Waals surface area contributed by atoms with Gasteiger partial charge in [-0.2, -0.15) is 0 Å². The molecular weight excluding hydrogens is 382 g/mol. The van der Waals surface area contributed by atoms with Crippen molar-refractivity contribution >= 4 is 23.2 Å². The second kappa shape index (κ2) is 8.58. The third-order valence-electron chi connectivity index (χ3n) is 4.86. The van der Waals surface area contributed by atoms with Gasteiger partial charge in [-0.25, -0.2) is 0 Å². The van der Waals surface area contributed by atoms with Crippen molar-refractivity contribution in [3.05, 3.63) is 63.2 Å². The van der Waals surface area contributed by atoms with Crippen molar-refractivity contribution in [2.75, 3.05) is 27.2 Å². The zero-order valence-corrected chi connectivity index (χ0v) is 16.6. The maximum absolute atomic E-state index is 12.8. The number of benzene rings is 2. The summed E-state index contributed by atoms with van der Waals surface area (Å²) < 4.78 is 5.62. The number of amides is 1. The van der Waals surface area contributed by atoms with Crippen molar-refractivity contribution in [1.82, 2.24) is 9.80 Å². The van der Waals surface area contributed by atoms with Gasteiger partial charge in [0.1, 0.15) is 5.75 Å². The van der Waals surface area contributed by atoms with Crippen LogP contribution in [-0.4, -0.2) is 53.9 Å². The molecule has 148 valence electrons. The van der Waals surface area contributed by atoms with Gasteiger partial charge in [-0.15, -0.1) is 0 Å². The lowest BCUT2D eigenvalue weighted by molar-refractivity contribution is -0.385. The van der Waals surface area contributed by atoms with E-state index in [0.717, 1.165) is 19.4 Å². The molecule has 0 radical (unpaired) electrons. The Balaban J connectivity index is 1.72. The molecule has 1 unspecified atom stereocenters. The van der Waals surface area contributed by atoms with Crippen LogP contribution in [-0.2, 0) is 0 Å². The van der Waals surface area contributed by atoms with Gasteiger partial charge in [0.2, 0.25) is 5.75 Å². The Bertz CT molecular complexity index is 870. The molecule has 2 aromatic rings. The summed E-state index contributed by atoms with van der Waals surface area (Å²) in [5.41, 5.74) is 0.355. The highest BCUT2D eigenvalue weighted by atomic mass is 35.5. The third-order valence-corrected chi connectivity index (χ3v) is 5.10. The summed E-state index contributed by atoms with van der Waals surface area (Å²) in [6.45, 7) is 1.46. The number of ether oxygens (including phenoxy) is 1. The van der Waals surface area contributed by atoms with E-state index in [0.29, 0.717) is 23.9 Å². The molecule has 0 aliphatic carbocycles. The highest BCUT2D eigenvalue weighted by molar-refractivity contribution is 6.30. The number of likely N-dealkylation sites (N-methyl/N-ethyl adjacent to an activating group) is 1. The topological polar surface area (TPSA) is 75.9 Å². The van der Waals surface area contributed by atoms with E-state index in [1.807, 2.05) is 19.0 Å². The largest absolute Gasteiger partial charge is 0.450 e. The number of nitrogens with zero attached hydrogens (tertiary/aromatic N) is 3. The Morgan fingerprint density at radius 3 is 2.61 bits per heavy atom.